The summed E-state index contributed by atoms with van der Waals surface area (Å²) in [5, 5.41) is 1.67. The number of pyridine rings is 1. The smallest absolute Gasteiger partial charge is 0.275 e. The van der Waals surface area contributed by atoms with Gasteiger partial charge in [0.15, 0.2) is 0 Å². The number of sulfonamides is 1. The summed E-state index contributed by atoms with van der Waals surface area (Å²) in [5.74, 6) is -0.0589. The normalized spacial score (nSPS) is 20.2. The maximum absolute atomic E-state index is 13.1. The molecule has 1 amide bonds. The Labute approximate surface area is 182 Å². The summed E-state index contributed by atoms with van der Waals surface area (Å²) in [6.07, 6.45) is 5.35. The molecule has 2 aliphatic rings. The van der Waals surface area contributed by atoms with Gasteiger partial charge in [-0.15, -0.1) is 11.3 Å². The van der Waals surface area contributed by atoms with Gasteiger partial charge in [-0.25, -0.2) is 13.4 Å². The van der Waals surface area contributed by atoms with Crippen molar-refractivity contribution in [1.29, 1.82) is 0 Å². The quantitative estimate of drug-likeness (QED) is 0.639. The van der Waals surface area contributed by atoms with Gasteiger partial charge < -0.3 is 9.47 Å². The second-order valence-electron chi connectivity index (χ2n) is 7.72. The standard InChI is InChI=1S/C20H19N5O4S2/c26-19(16-9-21-5-6-22-16)24-10-13-8-14(12-24)17-4-3-15(20(27)25(17)11-13)23-31(28,29)18-2-1-7-30-18/h1-7,9,13-14,23H,8,10-12H2/t13-,14+/m0/s1. The molecule has 0 aromatic carbocycles. The number of hydrogen-bond acceptors (Lipinski definition) is 7. The van der Waals surface area contributed by atoms with Crippen molar-refractivity contribution in [2.75, 3.05) is 17.8 Å². The largest absolute Gasteiger partial charge is 0.336 e. The lowest BCUT2D eigenvalue weighted by Gasteiger charge is -2.42. The van der Waals surface area contributed by atoms with Gasteiger partial charge in [0.25, 0.3) is 21.5 Å². The lowest BCUT2D eigenvalue weighted by atomic mass is 9.83. The van der Waals surface area contributed by atoms with Gasteiger partial charge in [-0.1, -0.05) is 6.07 Å². The number of nitrogens with one attached hydrogen (secondary N) is 1. The zero-order chi connectivity index (χ0) is 21.6. The van der Waals surface area contributed by atoms with Crippen molar-refractivity contribution in [3.8, 4) is 0 Å². The number of anilines is 1. The van der Waals surface area contributed by atoms with E-state index in [4.69, 9.17) is 0 Å². The number of rotatable bonds is 4. The number of thiophene rings is 1. The minimum absolute atomic E-state index is 0.00349. The molecule has 0 unspecified atom stereocenters. The molecule has 0 radical (unpaired) electrons. The number of nitrogens with zero attached hydrogens (tertiary/aromatic N) is 4. The van der Waals surface area contributed by atoms with E-state index in [0.29, 0.717) is 25.3 Å². The fraction of sp³-hybridized carbons (Fsp3) is 0.300. The van der Waals surface area contributed by atoms with Gasteiger partial charge in [0, 0.05) is 43.6 Å². The van der Waals surface area contributed by atoms with Crippen LogP contribution in [-0.4, -0.2) is 46.8 Å². The Hall–Kier alpha value is -3.05. The minimum Gasteiger partial charge on any atom is -0.336 e. The van der Waals surface area contributed by atoms with E-state index in [-0.39, 0.29) is 33.2 Å². The highest BCUT2D eigenvalue weighted by Gasteiger charge is 2.37. The average Bonchev–Trinajstić information content (AvgIpc) is 3.32. The van der Waals surface area contributed by atoms with Gasteiger partial charge in [-0.3, -0.25) is 19.3 Å². The van der Waals surface area contributed by atoms with Crippen LogP contribution in [0.3, 0.4) is 0 Å². The van der Waals surface area contributed by atoms with Crippen LogP contribution >= 0.6 is 11.3 Å². The van der Waals surface area contributed by atoms with Gasteiger partial charge in [-0.05, 0) is 35.9 Å². The molecule has 1 saturated heterocycles. The van der Waals surface area contributed by atoms with Crippen LogP contribution in [-0.2, 0) is 16.6 Å². The molecule has 1 N–H and O–H groups in total. The maximum Gasteiger partial charge on any atom is 0.275 e. The molecule has 9 nitrogen and oxygen atoms in total. The zero-order valence-corrected chi connectivity index (χ0v) is 18.0. The van der Waals surface area contributed by atoms with Gasteiger partial charge in [0.2, 0.25) is 0 Å². The predicted molar refractivity (Wildman–Crippen MR) is 115 cm³/mol. The predicted octanol–water partition coefficient (Wildman–Crippen LogP) is 1.76. The van der Waals surface area contributed by atoms with Crippen LogP contribution < -0.4 is 10.3 Å². The molecular weight excluding hydrogens is 438 g/mol. The van der Waals surface area contributed by atoms with E-state index >= 15 is 0 Å². The summed E-state index contributed by atoms with van der Waals surface area (Å²) in [5.41, 5.74) is 0.792. The second-order valence-corrected chi connectivity index (χ2v) is 10.6. The summed E-state index contributed by atoms with van der Waals surface area (Å²) >= 11 is 1.09. The first-order chi connectivity index (χ1) is 14.9. The van der Waals surface area contributed by atoms with Crippen molar-refractivity contribution >= 4 is 33.0 Å². The summed E-state index contributed by atoms with van der Waals surface area (Å²) in [4.78, 5) is 35.7. The fourth-order valence-electron chi connectivity index (χ4n) is 4.37. The third-order valence-corrected chi connectivity index (χ3v) is 8.44. The van der Waals surface area contributed by atoms with Crippen molar-refractivity contribution < 1.29 is 13.2 Å². The Morgan fingerprint density at radius 2 is 2.03 bits per heavy atom. The highest BCUT2D eigenvalue weighted by atomic mass is 32.2. The number of amides is 1. The number of fused-ring (bicyclic) bond motifs is 4. The molecule has 2 bridgehead atoms. The Balaban J connectivity index is 1.42. The number of hydrogen-bond donors (Lipinski definition) is 1. The van der Waals surface area contributed by atoms with Crippen molar-refractivity contribution in [3.05, 3.63) is 70.0 Å². The summed E-state index contributed by atoms with van der Waals surface area (Å²) < 4.78 is 29.3. The number of likely N-dealkylation sites (tertiary alicyclic amines) is 1. The Kier molecular flexibility index (Phi) is 4.86. The Bertz CT molecular complexity index is 1290. The van der Waals surface area contributed by atoms with E-state index in [2.05, 4.69) is 14.7 Å². The number of piperidine rings is 1. The minimum atomic E-state index is -3.80. The summed E-state index contributed by atoms with van der Waals surface area (Å²) in [6.45, 7) is 1.43. The molecule has 0 spiro atoms. The van der Waals surface area contributed by atoms with E-state index in [1.54, 1.807) is 27.0 Å². The van der Waals surface area contributed by atoms with Crippen molar-refractivity contribution in [2.24, 2.45) is 5.92 Å². The van der Waals surface area contributed by atoms with E-state index in [1.807, 2.05) is 0 Å². The number of carbonyl (C=O) groups excluding carboxylic acids is 1. The number of aromatic nitrogens is 3. The average molecular weight is 458 g/mol. The van der Waals surface area contributed by atoms with Crippen LogP contribution in [0, 0.1) is 5.92 Å². The molecule has 11 heteroatoms. The molecule has 1 fully saturated rings. The van der Waals surface area contributed by atoms with E-state index in [0.717, 1.165) is 23.5 Å². The first-order valence-electron chi connectivity index (χ1n) is 9.78. The molecule has 3 aromatic heterocycles. The summed E-state index contributed by atoms with van der Waals surface area (Å²) in [6, 6.07) is 6.44. The SMILES string of the molecule is O=C(c1cnccn1)N1C[C@@H]2C[C@H](C1)c1ccc(NS(=O)(=O)c3cccs3)c(=O)n1C2. The summed E-state index contributed by atoms with van der Waals surface area (Å²) in [7, 11) is -3.80. The van der Waals surface area contributed by atoms with E-state index < -0.39 is 10.0 Å². The molecular formula is C20H19N5O4S2. The van der Waals surface area contributed by atoms with Gasteiger partial charge in [-0.2, -0.15) is 0 Å². The zero-order valence-electron chi connectivity index (χ0n) is 16.3. The molecule has 0 saturated carbocycles. The highest BCUT2D eigenvalue weighted by Crippen LogP contribution is 2.36. The third kappa shape index (κ3) is 3.63. The molecule has 160 valence electrons. The molecule has 0 aliphatic carbocycles. The van der Waals surface area contributed by atoms with Crippen LogP contribution in [0.2, 0.25) is 0 Å². The first-order valence-corrected chi connectivity index (χ1v) is 12.1. The topological polar surface area (TPSA) is 114 Å². The van der Waals surface area contributed by atoms with Gasteiger partial charge >= 0.3 is 0 Å². The molecule has 31 heavy (non-hydrogen) atoms. The second kappa shape index (κ2) is 7.57. The van der Waals surface area contributed by atoms with Gasteiger partial charge in [0.05, 0.1) is 6.20 Å². The van der Waals surface area contributed by atoms with Crippen LogP contribution in [0.15, 0.2) is 57.2 Å². The van der Waals surface area contributed by atoms with Crippen LogP contribution in [0.5, 0.6) is 0 Å². The lowest BCUT2D eigenvalue weighted by Crippen LogP contribution is -2.49. The van der Waals surface area contributed by atoms with Crippen LogP contribution in [0.1, 0.15) is 28.5 Å². The molecule has 5 heterocycles. The maximum atomic E-state index is 13.1. The molecule has 5 rings (SSSR count). The van der Waals surface area contributed by atoms with Gasteiger partial charge in [0.1, 0.15) is 15.6 Å². The van der Waals surface area contributed by atoms with Crippen molar-refractivity contribution in [1.82, 2.24) is 19.4 Å². The molecule has 2 atom stereocenters. The fourth-order valence-corrected chi connectivity index (χ4v) is 6.42. The monoisotopic (exact) mass is 457 g/mol. The molecule has 2 aliphatic heterocycles. The highest BCUT2D eigenvalue weighted by molar-refractivity contribution is 7.94. The van der Waals surface area contributed by atoms with Crippen LogP contribution in [0.25, 0.3) is 0 Å². The van der Waals surface area contributed by atoms with Crippen molar-refractivity contribution in [2.45, 2.75) is 23.1 Å². The third-order valence-electron chi connectivity index (χ3n) is 5.68. The van der Waals surface area contributed by atoms with Crippen LogP contribution in [0.4, 0.5) is 5.69 Å². The first kappa shape index (κ1) is 19.9. The Morgan fingerprint density at radius 3 is 2.77 bits per heavy atom. The molecule has 3 aromatic rings. The number of carbonyl (C=O) groups is 1. The Morgan fingerprint density at radius 1 is 1.16 bits per heavy atom. The lowest BCUT2D eigenvalue weighted by molar-refractivity contribution is 0.0588. The van der Waals surface area contributed by atoms with E-state index in [9.17, 15) is 18.0 Å². The van der Waals surface area contributed by atoms with E-state index in [1.165, 1.54) is 30.7 Å². The van der Waals surface area contributed by atoms with Crippen molar-refractivity contribution in [3.63, 3.8) is 0 Å².